The van der Waals surface area contributed by atoms with Crippen molar-refractivity contribution in [2.75, 3.05) is 19.4 Å². The molecule has 3 amide bonds. The van der Waals surface area contributed by atoms with Crippen LogP contribution in [0.3, 0.4) is 0 Å². The number of methoxy groups -OCH3 is 1. The number of rotatable bonds is 7. The Kier molecular flexibility index (Phi) is 6.46. The van der Waals surface area contributed by atoms with E-state index in [2.05, 4.69) is 10.6 Å². The third kappa shape index (κ3) is 4.85. The predicted octanol–water partition coefficient (Wildman–Crippen LogP) is 1.83. The van der Waals surface area contributed by atoms with Crippen LogP contribution in [0.5, 0.6) is 5.75 Å². The summed E-state index contributed by atoms with van der Waals surface area (Å²) in [5.41, 5.74) is 1.69. The fourth-order valence-electron chi connectivity index (χ4n) is 3.96. The Labute approximate surface area is 185 Å². The van der Waals surface area contributed by atoms with Gasteiger partial charge in [0, 0.05) is 29.7 Å². The molecule has 2 aromatic carbocycles. The first-order valence-corrected chi connectivity index (χ1v) is 11.4. The van der Waals surface area contributed by atoms with Crippen LogP contribution in [0.4, 0.5) is 0 Å². The lowest BCUT2D eigenvalue weighted by atomic mass is 10.1. The molecule has 2 heterocycles. The number of nitrogens with zero attached hydrogens (tertiary/aromatic N) is 1. The summed E-state index contributed by atoms with van der Waals surface area (Å²) in [6, 6.07) is 15.5. The Morgan fingerprint density at radius 2 is 1.90 bits per heavy atom. The van der Waals surface area contributed by atoms with Gasteiger partial charge in [0.2, 0.25) is 11.8 Å². The molecule has 2 fully saturated rings. The average molecular weight is 440 g/mol. The SMILES string of the molecule is COc1ccc(C(=O)N[C@H]2C[C@H]3C(=O)N[C@@H](CSCc4ccccc4)C(=O)N3C2)cc1. The van der Waals surface area contributed by atoms with Gasteiger partial charge in [-0.15, -0.1) is 0 Å². The van der Waals surface area contributed by atoms with Crippen LogP contribution < -0.4 is 15.4 Å². The Hall–Kier alpha value is -3.00. The van der Waals surface area contributed by atoms with Gasteiger partial charge < -0.3 is 20.3 Å². The second kappa shape index (κ2) is 9.43. The van der Waals surface area contributed by atoms with Crippen LogP contribution in [-0.2, 0) is 15.3 Å². The molecule has 7 nitrogen and oxygen atoms in total. The lowest BCUT2D eigenvalue weighted by Crippen LogP contribution is -2.61. The highest BCUT2D eigenvalue weighted by atomic mass is 32.2. The molecule has 2 aromatic rings. The first-order valence-electron chi connectivity index (χ1n) is 10.2. The molecule has 2 saturated heterocycles. The van der Waals surface area contributed by atoms with Gasteiger partial charge >= 0.3 is 0 Å². The van der Waals surface area contributed by atoms with Gasteiger partial charge in [-0.25, -0.2) is 0 Å². The second-order valence-electron chi connectivity index (χ2n) is 7.70. The molecule has 3 atom stereocenters. The Morgan fingerprint density at radius 1 is 1.16 bits per heavy atom. The smallest absolute Gasteiger partial charge is 0.251 e. The third-order valence-electron chi connectivity index (χ3n) is 5.58. The number of hydrogen-bond donors (Lipinski definition) is 2. The largest absolute Gasteiger partial charge is 0.497 e. The summed E-state index contributed by atoms with van der Waals surface area (Å²) in [5.74, 6) is 1.52. The van der Waals surface area contributed by atoms with Gasteiger partial charge in [-0.2, -0.15) is 11.8 Å². The molecule has 2 aliphatic rings. The first kappa shape index (κ1) is 21.2. The molecule has 8 heteroatoms. The van der Waals surface area contributed by atoms with E-state index >= 15 is 0 Å². The van der Waals surface area contributed by atoms with E-state index in [0.717, 1.165) is 5.75 Å². The molecule has 4 rings (SSSR count). The fraction of sp³-hybridized carbons (Fsp3) is 0.348. The van der Waals surface area contributed by atoms with Crippen LogP contribution in [0.1, 0.15) is 22.3 Å². The number of fused-ring (bicyclic) bond motifs is 1. The molecule has 0 radical (unpaired) electrons. The summed E-state index contributed by atoms with van der Waals surface area (Å²) in [5, 5.41) is 5.82. The number of carbonyl (C=O) groups excluding carboxylic acids is 3. The van der Waals surface area contributed by atoms with E-state index in [4.69, 9.17) is 4.74 Å². The van der Waals surface area contributed by atoms with Crippen LogP contribution in [0, 0.1) is 0 Å². The number of nitrogens with one attached hydrogen (secondary N) is 2. The topological polar surface area (TPSA) is 87.7 Å². The van der Waals surface area contributed by atoms with Crippen LogP contribution >= 0.6 is 11.8 Å². The molecule has 31 heavy (non-hydrogen) atoms. The summed E-state index contributed by atoms with van der Waals surface area (Å²) in [7, 11) is 1.57. The maximum absolute atomic E-state index is 12.9. The maximum atomic E-state index is 12.9. The molecular weight excluding hydrogens is 414 g/mol. The van der Waals surface area contributed by atoms with Gasteiger partial charge in [-0.3, -0.25) is 14.4 Å². The molecule has 0 aliphatic carbocycles. The number of hydrogen-bond acceptors (Lipinski definition) is 5. The Balaban J connectivity index is 1.32. The zero-order valence-corrected chi connectivity index (χ0v) is 18.1. The highest BCUT2D eigenvalue weighted by molar-refractivity contribution is 7.98. The van der Waals surface area contributed by atoms with E-state index < -0.39 is 12.1 Å². The van der Waals surface area contributed by atoms with E-state index in [-0.39, 0.29) is 23.8 Å². The summed E-state index contributed by atoms with van der Waals surface area (Å²) in [4.78, 5) is 39.7. The Bertz CT molecular complexity index is 951. The molecule has 2 N–H and O–H groups in total. The molecule has 0 saturated carbocycles. The van der Waals surface area contributed by atoms with Gasteiger partial charge in [0.1, 0.15) is 17.8 Å². The van der Waals surface area contributed by atoms with Crippen molar-refractivity contribution in [2.24, 2.45) is 0 Å². The molecule has 0 aromatic heterocycles. The highest BCUT2D eigenvalue weighted by Crippen LogP contribution is 2.25. The highest BCUT2D eigenvalue weighted by Gasteiger charge is 2.46. The standard InChI is InChI=1S/C23H25N3O4S/c1-30-18-9-7-16(8-10-18)21(27)24-17-11-20-22(28)25-19(23(29)26(20)12-17)14-31-13-15-5-3-2-4-6-15/h2-10,17,19-20H,11-14H2,1H3,(H,24,27)(H,25,28)/t17-,19-,20-/m0/s1. The van der Waals surface area contributed by atoms with Crippen LogP contribution in [-0.4, -0.2) is 60.2 Å². The monoisotopic (exact) mass is 439 g/mol. The minimum atomic E-state index is -0.534. The summed E-state index contributed by atoms with van der Waals surface area (Å²) >= 11 is 1.62. The molecule has 0 spiro atoms. The van der Waals surface area contributed by atoms with Crippen LogP contribution in [0.25, 0.3) is 0 Å². The van der Waals surface area contributed by atoms with E-state index in [1.54, 1.807) is 48.0 Å². The summed E-state index contributed by atoms with van der Waals surface area (Å²) < 4.78 is 5.11. The summed E-state index contributed by atoms with van der Waals surface area (Å²) in [6.07, 6.45) is 0.420. The normalized spacial score (nSPS) is 22.6. The second-order valence-corrected chi connectivity index (χ2v) is 8.73. The van der Waals surface area contributed by atoms with Crippen LogP contribution in [0.15, 0.2) is 54.6 Å². The number of ether oxygens (including phenoxy) is 1. The molecular formula is C23H25N3O4S. The van der Waals surface area contributed by atoms with Crippen molar-refractivity contribution < 1.29 is 19.1 Å². The van der Waals surface area contributed by atoms with Crippen molar-refractivity contribution in [3.63, 3.8) is 0 Å². The number of thioether (sulfide) groups is 1. The van der Waals surface area contributed by atoms with E-state index in [9.17, 15) is 14.4 Å². The van der Waals surface area contributed by atoms with Gasteiger partial charge in [-0.05, 0) is 36.2 Å². The van der Waals surface area contributed by atoms with E-state index in [1.165, 1.54) is 5.56 Å². The first-order chi connectivity index (χ1) is 15.0. The minimum absolute atomic E-state index is 0.0774. The fourth-order valence-corrected chi connectivity index (χ4v) is 4.96. The lowest BCUT2D eigenvalue weighted by Gasteiger charge is -2.34. The third-order valence-corrected chi connectivity index (χ3v) is 6.69. The minimum Gasteiger partial charge on any atom is -0.497 e. The van der Waals surface area contributed by atoms with Gasteiger partial charge in [-0.1, -0.05) is 30.3 Å². The molecule has 0 unspecified atom stereocenters. The number of benzene rings is 2. The molecule has 2 aliphatic heterocycles. The predicted molar refractivity (Wildman–Crippen MR) is 119 cm³/mol. The van der Waals surface area contributed by atoms with Crippen molar-refractivity contribution in [3.05, 3.63) is 65.7 Å². The average Bonchev–Trinajstić information content (AvgIpc) is 3.22. The number of carbonyl (C=O) groups is 3. The zero-order chi connectivity index (χ0) is 21.8. The number of piperazine rings is 1. The van der Waals surface area contributed by atoms with Crippen molar-refractivity contribution in [2.45, 2.75) is 30.3 Å². The van der Waals surface area contributed by atoms with Crippen molar-refractivity contribution in [3.8, 4) is 5.75 Å². The van der Waals surface area contributed by atoms with E-state index in [1.807, 2.05) is 30.3 Å². The van der Waals surface area contributed by atoms with Crippen molar-refractivity contribution in [1.82, 2.24) is 15.5 Å². The van der Waals surface area contributed by atoms with Crippen LogP contribution in [0.2, 0.25) is 0 Å². The lowest BCUT2D eigenvalue weighted by molar-refractivity contribution is -0.146. The van der Waals surface area contributed by atoms with Gasteiger partial charge in [0.15, 0.2) is 0 Å². The number of amides is 3. The maximum Gasteiger partial charge on any atom is 0.251 e. The summed E-state index contributed by atoms with van der Waals surface area (Å²) in [6.45, 7) is 0.346. The van der Waals surface area contributed by atoms with Crippen molar-refractivity contribution >= 4 is 29.5 Å². The Morgan fingerprint density at radius 3 is 2.61 bits per heavy atom. The molecule has 0 bridgehead atoms. The van der Waals surface area contributed by atoms with Crippen molar-refractivity contribution in [1.29, 1.82) is 0 Å². The van der Waals surface area contributed by atoms with Gasteiger partial charge in [0.05, 0.1) is 7.11 Å². The quantitative estimate of drug-likeness (QED) is 0.687. The van der Waals surface area contributed by atoms with Gasteiger partial charge in [0.25, 0.3) is 5.91 Å². The van der Waals surface area contributed by atoms with E-state index in [0.29, 0.717) is 30.0 Å². The molecule has 162 valence electrons. The zero-order valence-electron chi connectivity index (χ0n) is 17.2.